The molecule has 0 amide bonds. The fraction of sp³-hybridized carbons (Fsp3) is 0.600. The Balaban J connectivity index is 2.07. The molecule has 1 aromatic carbocycles. The molecule has 0 radical (unpaired) electrons. The van der Waals surface area contributed by atoms with Gasteiger partial charge in [-0.1, -0.05) is 13.8 Å². The van der Waals surface area contributed by atoms with E-state index in [1.807, 2.05) is 19.1 Å². The van der Waals surface area contributed by atoms with Crippen molar-refractivity contribution in [2.45, 2.75) is 46.3 Å². The Morgan fingerprint density at radius 1 is 1.44 bits per heavy atom. The van der Waals surface area contributed by atoms with Crippen LogP contribution in [-0.2, 0) is 0 Å². The molecular weight excluding hydrogens is 226 g/mol. The Kier molecular flexibility index (Phi) is 3.53. The summed E-state index contributed by atoms with van der Waals surface area (Å²) in [5.74, 6) is 0.911. The number of aryl methyl sites for hydroxylation is 1. The summed E-state index contributed by atoms with van der Waals surface area (Å²) in [7, 11) is 0. The second-order valence-electron chi connectivity index (χ2n) is 5.68. The third-order valence-corrected chi connectivity index (χ3v) is 4.05. The lowest BCUT2D eigenvalue weighted by molar-refractivity contribution is -0.0510. The van der Waals surface area contributed by atoms with E-state index < -0.39 is 0 Å². The maximum atomic E-state index is 9.75. The van der Waals surface area contributed by atoms with Crippen LogP contribution in [0.1, 0.15) is 32.8 Å². The molecule has 1 aliphatic rings. The largest absolute Gasteiger partial charge is 0.494 e. The van der Waals surface area contributed by atoms with E-state index in [1.165, 1.54) is 5.56 Å². The summed E-state index contributed by atoms with van der Waals surface area (Å²) in [4.78, 5) is 0. The van der Waals surface area contributed by atoms with Gasteiger partial charge >= 0.3 is 0 Å². The van der Waals surface area contributed by atoms with E-state index in [1.54, 1.807) is 0 Å². The minimum atomic E-state index is -0.196. The minimum absolute atomic E-state index is 0.0506. The number of nitrogens with one attached hydrogen (secondary N) is 1. The molecule has 1 aliphatic carbocycles. The first-order valence-electron chi connectivity index (χ1n) is 6.63. The highest BCUT2D eigenvalue weighted by Gasteiger charge is 2.47. The van der Waals surface area contributed by atoms with Crippen LogP contribution in [0.5, 0.6) is 5.75 Å². The molecule has 3 heteroatoms. The van der Waals surface area contributed by atoms with E-state index in [4.69, 9.17) is 4.74 Å². The summed E-state index contributed by atoms with van der Waals surface area (Å²) < 4.78 is 5.48. The molecule has 2 rings (SSSR count). The third-order valence-electron chi connectivity index (χ3n) is 4.05. The molecule has 0 bridgehead atoms. The van der Waals surface area contributed by atoms with Gasteiger partial charge in [-0.2, -0.15) is 0 Å². The van der Waals surface area contributed by atoms with Gasteiger partial charge in [0, 0.05) is 17.1 Å². The zero-order chi connectivity index (χ0) is 13.3. The number of hydrogen-bond acceptors (Lipinski definition) is 3. The number of anilines is 1. The highest BCUT2D eigenvalue weighted by Crippen LogP contribution is 2.42. The van der Waals surface area contributed by atoms with Crippen molar-refractivity contribution in [2.24, 2.45) is 5.41 Å². The fourth-order valence-electron chi connectivity index (χ4n) is 2.39. The van der Waals surface area contributed by atoms with Crippen LogP contribution in [-0.4, -0.2) is 23.9 Å². The van der Waals surface area contributed by atoms with Gasteiger partial charge in [-0.3, -0.25) is 0 Å². The SMILES string of the molecule is CCOc1ccc(NC2CC(O)C2(C)C)c(C)c1. The van der Waals surface area contributed by atoms with E-state index >= 15 is 0 Å². The van der Waals surface area contributed by atoms with Gasteiger partial charge in [-0.15, -0.1) is 0 Å². The molecule has 0 saturated heterocycles. The summed E-state index contributed by atoms with van der Waals surface area (Å²) in [5.41, 5.74) is 2.26. The number of benzene rings is 1. The van der Waals surface area contributed by atoms with Crippen LogP contribution in [0.4, 0.5) is 5.69 Å². The normalized spacial score (nSPS) is 25.4. The Hall–Kier alpha value is -1.22. The van der Waals surface area contributed by atoms with E-state index in [9.17, 15) is 5.11 Å². The molecule has 0 aromatic heterocycles. The molecule has 2 unspecified atom stereocenters. The van der Waals surface area contributed by atoms with E-state index in [2.05, 4.69) is 32.2 Å². The summed E-state index contributed by atoms with van der Waals surface area (Å²) >= 11 is 0. The number of aliphatic hydroxyl groups is 1. The first kappa shape index (κ1) is 13.2. The first-order valence-corrected chi connectivity index (χ1v) is 6.63. The Bertz CT molecular complexity index is 429. The van der Waals surface area contributed by atoms with Crippen molar-refractivity contribution in [2.75, 3.05) is 11.9 Å². The molecule has 1 saturated carbocycles. The lowest BCUT2D eigenvalue weighted by Crippen LogP contribution is -2.56. The maximum absolute atomic E-state index is 9.75. The van der Waals surface area contributed by atoms with E-state index in [-0.39, 0.29) is 11.5 Å². The lowest BCUT2D eigenvalue weighted by atomic mass is 9.64. The molecule has 1 fully saturated rings. The van der Waals surface area contributed by atoms with Crippen LogP contribution in [0, 0.1) is 12.3 Å². The topological polar surface area (TPSA) is 41.5 Å². The zero-order valence-corrected chi connectivity index (χ0v) is 11.7. The van der Waals surface area contributed by atoms with Crippen LogP contribution in [0.25, 0.3) is 0 Å². The molecule has 2 atom stereocenters. The summed E-state index contributed by atoms with van der Waals surface area (Å²) in [6.45, 7) is 8.95. The summed E-state index contributed by atoms with van der Waals surface area (Å²) in [6.07, 6.45) is 0.623. The molecule has 2 N–H and O–H groups in total. The Morgan fingerprint density at radius 2 is 2.17 bits per heavy atom. The second kappa shape index (κ2) is 4.81. The second-order valence-corrected chi connectivity index (χ2v) is 5.68. The predicted molar refractivity (Wildman–Crippen MR) is 74.2 cm³/mol. The van der Waals surface area contributed by atoms with Gasteiger partial charge in [0.2, 0.25) is 0 Å². The number of hydrogen-bond donors (Lipinski definition) is 2. The van der Waals surface area contributed by atoms with Crippen LogP contribution < -0.4 is 10.1 Å². The zero-order valence-electron chi connectivity index (χ0n) is 11.7. The molecule has 100 valence electrons. The first-order chi connectivity index (χ1) is 8.45. The third kappa shape index (κ3) is 2.32. The van der Waals surface area contributed by atoms with Crippen molar-refractivity contribution >= 4 is 5.69 Å². The molecule has 0 aliphatic heterocycles. The van der Waals surface area contributed by atoms with Gasteiger partial charge < -0.3 is 15.2 Å². The van der Waals surface area contributed by atoms with Crippen molar-refractivity contribution in [1.82, 2.24) is 0 Å². The number of ether oxygens (including phenoxy) is 1. The van der Waals surface area contributed by atoms with E-state index in [0.717, 1.165) is 17.9 Å². The van der Waals surface area contributed by atoms with Gasteiger partial charge in [0.25, 0.3) is 0 Å². The van der Waals surface area contributed by atoms with Crippen molar-refractivity contribution in [3.05, 3.63) is 23.8 Å². The Labute approximate surface area is 109 Å². The molecular formula is C15H23NO2. The average molecular weight is 249 g/mol. The van der Waals surface area contributed by atoms with Gasteiger partial charge in [-0.25, -0.2) is 0 Å². The molecule has 3 nitrogen and oxygen atoms in total. The lowest BCUT2D eigenvalue weighted by Gasteiger charge is -2.50. The predicted octanol–water partition coefficient (Wildman–Crippen LogP) is 2.97. The Morgan fingerprint density at radius 3 is 2.67 bits per heavy atom. The molecule has 0 spiro atoms. The summed E-state index contributed by atoms with van der Waals surface area (Å²) in [6, 6.07) is 6.43. The molecule has 0 heterocycles. The van der Waals surface area contributed by atoms with Crippen molar-refractivity contribution in [3.63, 3.8) is 0 Å². The van der Waals surface area contributed by atoms with Crippen LogP contribution >= 0.6 is 0 Å². The van der Waals surface area contributed by atoms with Crippen molar-refractivity contribution < 1.29 is 9.84 Å². The van der Waals surface area contributed by atoms with Crippen LogP contribution in [0.3, 0.4) is 0 Å². The van der Waals surface area contributed by atoms with Gasteiger partial charge in [-0.05, 0) is 44.0 Å². The molecule has 18 heavy (non-hydrogen) atoms. The minimum Gasteiger partial charge on any atom is -0.494 e. The van der Waals surface area contributed by atoms with Crippen LogP contribution in [0.15, 0.2) is 18.2 Å². The maximum Gasteiger partial charge on any atom is 0.119 e. The molecule has 1 aromatic rings. The van der Waals surface area contributed by atoms with Crippen molar-refractivity contribution in [1.29, 1.82) is 0 Å². The highest BCUT2D eigenvalue weighted by molar-refractivity contribution is 5.55. The quantitative estimate of drug-likeness (QED) is 0.862. The summed E-state index contributed by atoms with van der Waals surface area (Å²) in [5, 5.41) is 13.3. The number of aliphatic hydroxyl groups excluding tert-OH is 1. The van der Waals surface area contributed by atoms with Crippen LogP contribution in [0.2, 0.25) is 0 Å². The van der Waals surface area contributed by atoms with Gasteiger partial charge in [0.15, 0.2) is 0 Å². The monoisotopic (exact) mass is 249 g/mol. The van der Waals surface area contributed by atoms with Gasteiger partial charge in [0.05, 0.1) is 12.7 Å². The standard InChI is InChI=1S/C15H23NO2/c1-5-18-11-6-7-12(10(2)8-11)16-13-9-14(17)15(13,3)4/h6-8,13-14,16-17H,5,9H2,1-4H3. The fourth-order valence-corrected chi connectivity index (χ4v) is 2.39. The van der Waals surface area contributed by atoms with Gasteiger partial charge in [0.1, 0.15) is 5.75 Å². The highest BCUT2D eigenvalue weighted by atomic mass is 16.5. The van der Waals surface area contributed by atoms with E-state index in [0.29, 0.717) is 12.6 Å². The number of rotatable bonds is 4. The van der Waals surface area contributed by atoms with Crippen molar-refractivity contribution in [3.8, 4) is 5.75 Å². The smallest absolute Gasteiger partial charge is 0.119 e. The average Bonchev–Trinajstić information content (AvgIpc) is 2.32.